The summed E-state index contributed by atoms with van der Waals surface area (Å²) in [6.45, 7) is 2.74. The Hall–Kier alpha value is -1.90. The van der Waals surface area contributed by atoms with Crippen LogP contribution in [0.15, 0.2) is 36.8 Å². The molecule has 0 aliphatic carbocycles. The van der Waals surface area contributed by atoms with Gasteiger partial charge >= 0.3 is 0 Å². The second-order valence-electron chi connectivity index (χ2n) is 3.50. The highest BCUT2D eigenvalue weighted by Crippen LogP contribution is 2.07. The van der Waals surface area contributed by atoms with Crippen LogP contribution < -0.4 is 0 Å². The Kier molecular flexibility index (Phi) is 2.63. The number of aromatic nitrogens is 2. The number of carbonyl (C=O) groups excluding carboxylic acids is 1. The molecule has 0 N–H and O–H groups in total. The number of nitrogens with zero attached hydrogens (tertiary/aromatic N) is 2. The fraction of sp³-hybridized carbons (Fsp3) is 0.167. The SMILES string of the molecule is Cc1cccnc1Cn1ccc(C=O)c1. The summed E-state index contributed by atoms with van der Waals surface area (Å²) in [4.78, 5) is 14.8. The largest absolute Gasteiger partial charge is 0.348 e. The van der Waals surface area contributed by atoms with Crippen molar-refractivity contribution in [1.82, 2.24) is 9.55 Å². The number of pyridine rings is 1. The highest BCUT2D eigenvalue weighted by Gasteiger charge is 2.00. The topological polar surface area (TPSA) is 34.9 Å². The molecule has 2 aromatic rings. The molecular weight excluding hydrogens is 188 g/mol. The molecule has 0 fully saturated rings. The van der Waals surface area contributed by atoms with Crippen molar-refractivity contribution >= 4 is 6.29 Å². The maximum absolute atomic E-state index is 10.5. The second-order valence-corrected chi connectivity index (χ2v) is 3.50. The molecule has 0 saturated heterocycles. The Labute approximate surface area is 88.4 Å². The number of hydrogen-bond acceptors (Lipinski definition) is 2. The first-order valence-corrected chi connectivity index (χ1v) is 4.81. The minimum absolute atomic E-state index is 0.698. The Morgan fingerprint density at radius 1 is 1.47 bits per heavy atom. The predicted molar refractivity (Wildman–Crippen MR) is 57.9 cm³/mol. The van der Waals surface area contributed by atoms with E-state index in [2.05, 4.69) is 4.98 Å². The van der Waals surface area contributed by atoms with Gasteiger partial charge in [-0.2, -0.15) is 0 Å². The van der Waals surface area contributed by atoms with E-state index in [-0.39, 0.29) is 0 Å². The quantitative estimate of drug-likeness (QED) is 0.711. The van der Waals surface area contributed by atoms with Gasteiger partial charge in [-0.15, -0.1) is 0 Å². The van der Waals surface area contributed by atoms with Gasteiger partial charge in [0.05, 0.1) is 12.2 Å². The standard InChI is InChI=1S/C12H12N2O/c1-10-3-2-5-13-12(10)8-14-6-4-11(7-14)9-15/h2-7,9H,8H2,1H3. The van der Waals surface area contributed by atoms with Gasteiger partial charge in [0.15, 0.2) is 6.29 Å². The van der Waals surface area contributed by atoms with E-state index in [0.717, 1.165) is 12.0 Å². The molecule has 15 heavy (non-hydrogen) atoms. The van der Waals surface area contributed by atoms with Crippen molar-refractivity contribution in [2.24, 2.45) is 0 Å². The zero-order valence-electron chi connectivity index (χ0n) is 8.55. The van der Waals surface area contributed by atoms with E-state index in [1.807, 2.05) is 36.0 Å². The summed E-state index contributed by atoms with van der Waals surface area (Å²) in [5.41, 5.74) is 2.90. The lowest BCUT2D eigenvalue weighted by molar-refractivity contribution is 0.112. The van der Waals surface area contributed by atoms with Crippen LogP contribution in [0.4, 0.5) is 0 Å². The van der Waals surface area contributed by atoms with Crippen molar-refractivity contribution in [1.29, 1.82) is 0 Å². The summed E-state index contributed by atoms with van der Waals surface area (Å²) in [6.07, 6.45) is 6.34. The van der Waals surface area contributed by atoms with Gasteiger partial charge in [-0.3, -0.25) is 9.78 Å². The minimum Gasteiger partial charge on any atom is -0.348 e. The summed E-state index contributed by atoms with van der Waals surface area (Å²) >= 11 is 0. The van der Waals surface area contributed by atoms with Crippen LogP contribution in [0, 0.1) is 6.92 Å². The minimum atomic E-state index is 0.698. The second kappa shape index (κ2) is 4.09. The van der Waals surface area contributed by atoms with Crippen molar-refractivity contribution in [2.75, 3.05) is 0 Å². The van der Waals surface area contributed by atoms with Crippen molar-refractivity contribution in [3.63, 3.8) is 0 Å². The summed E-state index contributed by atoms with van der Waals surface area (Å²) in [5, 5.41) is 0. The molecule has 0 atom stereocenters. The van der Waals surface area contributed by atoms with Crippen LogP contribution in [-0.4, -0.2) is 15.8 Å². The van der Waals surface area contributed by atoms with Crippen LogP contribution in [-0.2, 0) is 6.54 Å². The number of hydrogen-bond donors (Lipinski definition) is 0. The van der Waals surface area contributed by atoms with E-state index >= 15 is 0 Å². The molecule has 0 aliphatic heterocycles. The highest BCUT2D eigenvalue weighted by molar-refractivity contribution is 5.74. The smallest absolute Gasteiger partial charge is 0.151 e. The van der Waals surface area contributed by atoms with Crippen LogP contribution in [0.1, 0.15) is 21.6 Å². The Bertz CT molecular complexity index is 474. The molecule has 0 bridgehead atoms. The summed E-state index contributed by atoms with van der Waals surface area (Å²) < 4.78 is 1.96. The van der Waals surface area contributed by atoms with Crippen LogP contribution >= 0.6 is 0 Å². The van der Waals surface area contributed by atoms with E-state index in [0.29, 0.717) is 12.1 Å². The van der Waals surface area contributed by atoms with E-state index in [1.165, 1.54) is 5.56 Å². The fourth-order valence-corrected chi connectivity index (χ4v) is 1.48. The lowest BCUT2D eigenvalue weighted by Crippen LogP contribution is -2.01. The summed E-state index contributed by atoms with van der Waals surface area (Å²) in [7, 11) is 0. The van der Waals surface area contributed by atoms with E-state index < -0.39 is 0 Å². The maximum atomic E-state index is 10.5. The average molecular weight is 200 g/mol. The molecule has 0 radical (unpaired) electrons. The van der Waals surface area contributed by atoms with Crippen LogP contribution in [0.25, 0.3) is 0 Å². The first kappa shape index (κ1) is 9.65. The first-order valence-electron chi connectivity index (χ1n) is 4.81. The molecular formula is C12H12N2O. The third kappa shape index (κ3) is 2.13. The Balaban J connectivity index is 2.22. The lowest BCUT2D eigenvalue weighted by atomic mass is 10.2. The highest BCUT2D eigenvalue weighted by atomic mass is 16.1. The number of carbonyl (C=O) groups is 1. The molecule has 0 amide bonds. The monoisotopic (exact) mass is 200 g/mol. The van der Waals surface area contributed by atoms with Gasteiger partial charge < -0.3 is 4.57 Å². The molecule has 2 heterocycles. The van der Waals surface area contributed by atoms with Gasteiger partial charge in [-0.05, 0) is 24.6 Å². The molecule has 2 rings (SSSR count). The third-order valence-corrected chi connectivity index (χ3v) is 2.36. The number of aldehydes is 1. The summed E-state index contributed by atoms with van der Waals surface area (Å²) in [6, 6.07) is 5.75. The fourth-order valence-electron chi connectivity index (χ4n) is 1.48. The molecule has 3 heteroatoms. The van der Waals surface area contributed by atoms with Gasteiger partial charge in [0.2, 0.25) is 0 Å². The van der Waals surface area contributed by atoms with Gasteiger partial charge in [-0.1, -0.05) is 6.07 Å². The van der Waals surface area contributed by atoms with Crippen LogP contribution in [0.5, 0.6) is 0 Å². The normalized spacial score (nSPS) is 10.2. The summed E-state index contributed by atoms with van der Waals surface area (Å²) in [5.74, 6) is 0. The van der Waals surface area contributed by atoms with Gasteiger partial charge in [0.25, 0.3) is 0 Å². The molecule has 0 saturated carbocycles. The molecule has 0 spiro atoms. The zero-order valence-corrected chi connectivity index (χ0v) is 8.55. The van der Waals surface area contributed by atoms with Crippen LogP contribution in [0.2, 0.25) is 0 Å². The molecule has 3 nitrogen and oxygen atoms in total. The lowest BCUT2D eigenvalue weighted by Gasteiger charge is -2.04. The van der Waals surface area contributed by atoms with Crippen LogP contribution in [0.3, 0.4) is 0 Å². The van der Waals surface area contributed by atoms with Gasteiger partial charge in [-0.25, -0.2) is 0 Å². The molecule has 2 aromatic heterocycles. The maximum Gasteiger partial charge on any atom is 0.151 e. The van der Waals surface area contributed by atoms with E-state index in [1.54, 1.807) is 12.3 Å². The molecule has 0 aromatic carbocycles. The van der Waals surface area contributed by atoms with Gasteiger partial charge in [0.1, 0.15) is 0 Å². The van der Waals surface area contributed by atoms with Crippen molar-refractivity contribution in [2.45, 2.75) is 13.5 Å². The predicted octanol–water partition coefficient (Wildman–Crippen LogP) is 2.05. The number of rotatable bonds is 3. The average Bonchev–Trinajstić information content (AvgIpc) is 2.69. The van der Waals surface area contributed by atoms with E-state index in [4.69, 9.17) is 0 Å². The molecule has 0 unspecified atom stereocenters. The molecule has 76 valence electrons. The van der Waals surface area contributed by atoms with Crippen molar-refractivity contribution < 1.29 is 4.79 Å². The zero-order chi connectivity index (χ0) is 10.7. The first-order chi connectivity index (χ1) is 7.29. The molecule has 0 aliphatic rings. The van der Waals surface area contributed by atoms with Crippen molar-refractivity contribution in [3.05, 3.63) is 53.6 Å². The van der Waals surface area contributed by atoms with E-state index in [9.17, 15) is 4.79 Å². The number of aryl methyl sites for hydroxylation is 1. The third-order valence-electron chi connectivity index (χ3n) is 2.36. The van der Waals surface area contributed by atoms with Crippen molar-refractivity contribution in [3.8, 4) is 0 Å². The van der Waals surface area contributed by atoms with Gasteiger partial charge in [0, 0.05) is 24.2 Å². The Morgan fingerprint density at radius 3 is 3.00 bits per heavy atom. The Morgan fingerprint density at radius 2 is 2.33 bits per heavy atom.